The van der Waals surface area contributed by atoms with E-state index in [2.05, 4.69) is 21.8 Å². The quantitative estimate of drug-likeness (QED) is 0.423. The summed E-state index contributed by atoms with van der Waals surface area (Å²) in [7, 11) is -4.00. The van der Waals surface area contributed by atoms with Crippen LogP contribution in [0.5, 0.6) is 5.75 Å². The Morgan fingerprint density at radius 2 is 1.98 bits per heavy atom. The molecule has 4 atom stereocenters. The first kappa shape index (κ1) is 27.6. The van der Waals surface area contributed by atoms with Crippen LogP contribution in [0.15, 0.2) is 48.6 Å². The Morgan fingerprint density at radius 1 is 1.15 bits per heavy atom. The van der Waals surface area contributed by atoms with E-state index in [4.69, 9.17) is 16.3 Å². The van der Waals surface area contributed by atoms with Gasteiger partial charge in [-0.3, -0.25) is 4.79 Å². The second-order valence-electron chi connectivity index (χ2n) is 12.6. The zero-order chi connectivity index (χ0) is 28.3. The average Bonchev–Trinajstić information content (AvgIpc) is 3.02. The third kappa shape index (κ3) is 4.82. The summed E-state index contributed by atoms with van der Waals surface area (Å²) in [6, 6.07) is 11.3. The molecule has 1 amide bonds. The van der Waals surface area contributed by atoms with Gasteiger partial charge < -0.3 is 14.7 Å². The third-order valence-corrected chi connectivity index (χ3v) is 11.9. The molecule has 2 aromatic carbocycles. The van der Waals surface area contributed by atoms with Crippen LogP contribution >= 0.6 is 11.6 Å². The zero-order valence-electron chi connectivity index (χ0n) is 23.0. The highest BCUT2D eigenvalue weighted by Gasteiger charge is 2.44. The summed E-state index contributed by atoms with van der Waals surface area (Å²) in [6.07, 6.45) is 7.88. The Kier molecular flexibility index (Phi) is 6.95. The molecule has 2 aromatic rings. The van der Waals surface area contributed by atoms with Gasteiger partial charge >= 0.3 is 0 Å². The molecule has 2 aliphatic heterocycles. The van der Waals surface area contributed by atoms with Gasteiger partial charge in [0.05, 0.1) is 23.1 Å². The van der Waals surface area contributed by atoms with Crippen molar-refractivity contribution in [3.63, 3.8) is 0 Å². The van der Waals surface area contributed by atoms with Crippen LogP contribution in [0.2, 0.25) is 5.02 Å². The minimum Gasteiger partial charge on any atom is -0.490 e. The molecule has 0 aromatic heterocycles. The molecule has 6 rings (SSSR count). The van der Waals surface area contributed by atoms with Gasteiger partial charge in [0, 0.05) is 29.1 Å². The van der Waals surface area contributed by atoms with E-state index in [1.807, 2.05) is 6.07 Å². The first-order valence-corrected chi connectivity index (χ1v) is 16.1. The number of rotatable bonds is 0. The molecule has 214 valence electrons. The van der Waals surface area contributed by atoms with E-state index in [-0.39, 0.29) is 29.2 Å². The van der Waals surface area contributed by atoms with Crippen molar-refractivity contribution in [2.75, 3.05) is 24.6 Å². The van der Waals surface area contributed by atoms with Crippen molar-refractivity contribution >= 4 is 33.2 Å². The number of fused-ring (bicyclic) bond motifs is 4. The number of benzene rings is 2. The van der Waals surface area contributed by atoms with Gasteiger partial charge in [0.25, 0.3) is 5.91 Å². The highest BCUT2D eigenvalue weighted by molar-refractivity contribution is 7.91. The largest absolute Gasteiger partial charge is 0.490 e. The number of ether oxygens (including phenoxy) is 1. The van der Waals surface area contributed by atoms with Gasteiger partial charge in [-0.05, 0) is 106 Å². The van der Waals surface area contributed by atoms with Gasteiger partial charge in [0.15, 0.2) is 0 Å². The van der Waals surface area contributed by atoms with Crippen LogP contribution in [0.4, 0.5) is 5.69 Å². The number of nitrogens with zero attached hydrogens (tertiary/aromatic N) is 1. The monoisotopic (exact) mass is 584 g/mol. The Hall–Kier alpha value is -2.55. The molecule has 1 fully saturated rings. The van der Waals surface area contributed by atoms with Crippen molar-refractivity contribution in [3.05, 3.63) is 70.3 Å². The molecule has 4 aliphatic rings. The topological polar surface area (TPSA) is 95.9 Å². The SMILES string of the molecule is CC1(C)C/C=C\[C@H](O)[C@@H]2CC[C@H]2CN2C[C@@]3(CCCc4cc(Cl)ccc43)COc3ccc(cc32)C(=O)NS1(=O)=O. The summed E-state index contributed by atoms with van der Waals surface area (Å²) < 4.78 is 34.0. The van der Waals surface area contributed by atoms with Crippen LogP contribution < -0.4 is 14.4 Å². The minimum atomic E-state index is -4.00. The molecule has 2 N–H and O–H groups in total. The number of aliphatic hydroxyl groups excluding tert-OH is 1. The number of hydrogen-bond donors (Lipinski definition) is 2. The normalized spacial score (nSPS) is 31.6. The number of carbonyl (C=O) groups excluding carboxylic acids is 1. The Morgan fingerprint density at radius 3 is 2.75 bits per heavy atom. The number of allylic oxidation sites excluding steroid dienone is 1. The van der Waals surface area contributed by atoms with Crippen LogP contribution in [-0.4, -0.2) is 50.0 Å². The number of aryl methyl sites for hydroxylation is 1. The zero-order valence-corrected chi connectivity index (χ0v) is 24.6. The molecule has 0 unspecified atom stereocenters. The molecule has 2 aliphatic carbocycles. The lowest BCUT2D eigenvalue weighted by atomic mass is 9.68. The standard InChI is InChI=1S/C31H37ClN2O5S/c1-30(2)13-4-6-27(35)24-10-7-22(24)17-34-18-31(14-3-5-20-15-23(32)9-11-25(20)31)19-39-28-12-8-21(16-26(28)34)29(36)33-40(30,37)38/h4,6,8-9,11-12,15-16,22,24,27,35H,3,5,7,10,13-14,17-19H2,1-2H3,(H,33,36)/b6-4-/t22-,24+,27-,31-/m0/s1. The molecular formula is C31H37ClN2O5S. The fourth-order valence-corrected chi connectivity index (χ4v) is 8.02. The van der Waals surface area contributed by atoms with Crippen molar-refractivity contribution in [3.8, 4) is 5.75 Å². The fourth-order valence-electron chi connectivity index (χ4n) is 6.87. The number of amides is 1. The highest BCUT2D eigenvalue weighted by atomic mass is 35.5. The molecule has 2 bridgehead atoms. The highest BCUT2D eigenvalue weighted by Crippen LogP contribution is 2.46. The number of carbonyl (C=O) groups is 1. The second kappa shape index (κ2) is 10.1. The minimum absolute atomic E-state index is 0.0880. The lowest BCUT2D eigenvalue weighted by molar-refractivity contribution is 0.0456. The van der Waals surface area contributed by atoms with E-state index in [0.29, 0.717) is 25.4 Å². The summed E-state index contributed by atoms with van der Waals surface area (Å²) in [5.74, 6) is 0.367. The van der Waals surface area contributed by atoms with Crippen molar-refractivity contribution < 1.29 is 23.1 Å². The maximum atomic E-state index is 13.3. The van der Waals surface area contributed by atoms with E-state index in [0.717, 1.165) is 42.8 Å². The van der Waals surface area contributed by atoms with Gasteiger partial charge in [-0.15, -0.1) is 0 Å². The molecule has 7 nitrogen and oxygen atoms in total. The Bertz CT molecular complexity index is 1470. The summed E-state index contributed by atoms with van der Waals surface area (Å²) in [4.78, 5) is 15.6. The van der Waals surface area contributed by atoms with Gasteiger partial charge in [-0.1, -0.05) is 29.8 Å². The predicted molar refractivity (Wildman–Crippen MR) is 157 cm³/mol. The first-order valence-electron chi connectivity index (χ1n) is 14.2. The van der Waals surface area contributed by atoms with Crippen LogP contribution in [-0.2, 0) is 21.9 Å². The summed E-state index contributed by atoms with van der Waals surface area (Å²) in [5.41, 5.74) is 3.31. The van der Waals surface area contributed by atoms with Crippen LogP contribution in [0, 0.1) is 11.8 Å². The molecule has 1 saturated carbocycles. The molecular weight excluding hydrogens is 548 g/mol. The Balaban J connectivity index is 1.44. The summed E-state index contributed by atoms with van der Waals surface area (Å²) in [6.45, 7) is 5.08. The van der Waals surface area contributed by atoms with E-state index in [9.17, 15) is 18.3 Å². The smallest absolute Gasteiger partial charge is 0.264 e. The maximum absolute atomic E-state index is 13.3. The number of anilines is 1. The predicted octanol–water partition coefficient (Wildman–Crippen LogP) is 5.00. The molecule has 0 saturated heterocycles. The van der Waals surface area contributed by atoms with Gasteiger partial charge in [0.1, 0.15) is 5.75 Å². The van der Waals surface area contributed by atoms with Gasteiger partial charge in [-0.2, -0.15) is 0 Å². The summed E-state index contributed by atoms with van der Waals surface area (Å²) in [5, 5.41) is 11.8. The molecule has 0 radical (unpaired) electrons. The third-order valence-electron chi connectivity index (χ3n) is 9.57. The number of hydrogen-bond acceptors (Lipinski definition) is 6. The first-order chi connectivity index (χ1) is 19.0. The molecule has 2 heterocycles. The lowest BCUT2D eigenvalue weighted by Gasteiger charge is -2.45. The van der Waals surface area contributed by atoms with Crippen LogP contribution in [0.1, 0.15) is 67.4 Å². The van der Waals surface area contributed by atoms with Crippen molar-refractivity contribution in [1.29, 1.82) is 0 Å². The number of halogens is 1. The van der Waals surface area contributed by atoms with E-state index < -0.39 is 26.8 Å². The molecule has 40 heavy (non-hydrogen) atoms. The molecule has 1 spiro atoms. The van der Waals surface area contributed by atoms with Gasteiger partial charge in [-0.25, -0.2) is 13.1 Å². The lowest BCUT2D eigenvalue weighted by Crippen LogP contribution is -2.49. The maximum Gasteiger partial charge on any atom is 0.264 e. The van der Waals surface area contributed by atoms with Gasteiger partial charge in [0.2, 0.25) is 10.0 Å². The van der Waals surface area contributed by atoms with Crippen LogP contribution in [0.25, 0.3) is 0 Å². The molecule has 9 heteroatoms. The summed E-state index contributed by atoms with van der Waals surface area (Å²) >= 11 is 6.37. The van der Waals surface area contributed by atoms with Crippen molar-refractivity contribution in [1.82, 2.24) is 4.72 Å². The number of nitrogens with one attached hydrogen (secondary N) is 1. The second-order valence-corrected chi connectivity index (χ2v) is 15.4. The number of sulfonamides is 1. The van der Waals surface area contributed by atoms with Crippen LogP contribution in [0.3, 0.4) is 0 Å². The average molecular weight is 585 g/mol. The van der Waals surface area contributed by atoms with E-state index in [1.54, 1.807) is 44.2 Å². The van der Waals surface area contributed by atoms with Crippen molar-refractivity contribution in [2.45, 2.75) is 68.6 Å². The Labute approximate surface area is 241 Å². The van der Waals surface area contributed by atoms with Crippen molar-refractivity contribution in [2.24, 2.45) is 11.8 Å². The number of aliphatic hydroxyl groups is 1. The van der Waals surface area contributed by atoms with E-state index in [1.165, 1.54) is 11.1 Å². The van der Waals surface area contributed by atoms with E-state index >= 15 is 0 Å². The fraction of sp³-hybridized carbons (Fsp3) is 0.516.